The monoisotopic (exact) mass is 209 g/mol. The SMILES string of the molecule is NCc1[c-]cccc1.[Br-].[Mg+2]. The first-order valence-electron chi connectivity index (χ1n) is 2.59. The summed E-state index contributed by atoms with van der Waals surface area (Å²) in [6.45, 7) is 0.584. The fourth-order valence-electron chi connectivity index (χ4n) is 0.557. The molecule has 1 nitrogen and oxygen atoms in total. The molecule has 0 radical (unpaired) electrons. The van der Waals surface area contributed by atoms with Gasteiger partial charge in [-0.25, -0.2) is 0 Å². The molecule has 1 rings (SSSR count). The van der Waals surface area contributed by atoms with Crippen molar-refractivity contribution >= 4 is 23.1 Å². The fraction of sp³-hybridized carbons (Fsp3) is 0.143. The van der Waals surface area contributed by atoms with Crippen LogP contribution < -0.4 is 22.7 Å². The van der Waals surface area contributed by atoms with E-state index in [2.05, 4.69) is 6.07 Å². The molecule has 1 aromatic carbocycles. The molecule has 0 amide bonds. The summed E-state index contributed by atoms with van der Waals surface area (Å²) in [5.41, 5.74) is 6.38. The van der Waals surface area contributed by atoms with E-state index in [4.69, 9.17) is 5.73 Å². The van der Waals surface area contributed by atoms with Crippen molar-refractivity contribution in [2.75, 3.05) is 0 Å². The van der Waals surface area contributed by atoms with Crippen LogP contribution in [0.3, 0.4) is 0 Å². The minimum Gasteiger partial charge on any atom is -1.00 e. The van der Waals surface area contributed by atoms with E-state index in [1.165, 1.54) is 0 Å². The molecule has 0 saturated carbocycles. The van der Waals surface area contributed by atoms with Gasteiger partial charge in [0.2, 0.25) is 0 Å². The average molecular weight is 210 g/mol. The van der Waals surface area contributed by atoms with Crippen molar-refractivity contribution in [3.05, 3.63) is 35.9 Å². The minimum absolute atomic E-state index is 0. The molecule has 0 fully saturated rings. The van der Waals surface area contributed by atoms with Gasteiger partial charge < -0.3 is 22.7 Å². The van der Waals surface area contributed by atoms with E-state index in [-0.39, 0.29) is 40.0 Å². The molecule has 0 spiro atoms. The van der Waals surface area contributed by atoms with E-state index in [1.807, 2.05) is 24.3 Å². The van der Waals surface area contributed by atoms with Gasteiger partial charge in [-0.15, -0.1) is 5.56 Å². The number of hydrogen-bond donors (Lipinski definition) is 1. The Balaban J connectivity index is 0. The van der Waals surface area contributed by atoms with E-state index < -0.39 is 0 Å². The summed E-state index contributed by atoms with van der Waals surface area (Å²) in [6.07, 6.45) is 0. The Morgan fingerprint density at radius 3 is 2.40 bits per heavy atom. The summed E-state index contributed by atoms with van der Waals surface area (Å²) in [4.78, 5) is 0. The largest absolute Gasteiger partial charge is 2.00 e. The van der Waals surface area contributed by atoms with Gasteiger partial charge in [0.25, 0.3) is 0 Å². The Morgan fingerprint density at radius 1 is 1.40 bits per heavy atom. The molecule has 0 aromatic heterocycles. The topological polar surface area (TPSA) is 26.0 Å². The maximum absolute atomic E-state index is 5.32. The number of halogens is 1. The van der Waals surface area contributed by atoms with Crippen molar-refractivity contribution in [2.45, 2.75) is 6.54 Å². The second kappa shape index (κ2) is 7.53. The van der Waals surface area contributed by atoms with Crippen molar-refractivity contribution in [3.8, 4) is 0 Å². The van der Waals surface area contributed by atoms with E-state index in [0.29, 0.717) is 6.54 Å². The van der Waals surface area contributed by atoms with Gasteiger partial charge in [-0.1, -0.05) is 0 Å². The zero-order chi connectivity index (χ0) is 5.82. The quantitative estimate of drug-likeness (QED) is 0.405. The minimum atomic E-state index is 0. The van der Waals surface area contributed by atoms with Crippen LogP contribution in [-0.4, -0.2) is 23.1 Å². The summed E-state index contributed by atoms with van der Waals surface area (Å²) in [5, 5.41) is 0. The predicted octanol–water partition coefficient (Wildman–Crippen LogP) is -2.43. The van der Waals surface area contributed by atoms with Gasteiger partial charge in [-0.05, 0) is 6.54 Å². The summed E-state index contributed by atoms with van der Waals surface area (Å²) < 4.78 is 0. The molecular formula is C7H8BrMgN. The molecule has 2 N–H and O–H groups in total. The normalized spacial score (nSPS) is 7.30. The average Bonchev–Trinajstić information content (AvgIpc) is 1.90. The van der Waals surface area contributed by atoms with Crippen molar-refractivity contribution < 1.29 is 17.0 Å². The molecule has 0 saturated heterocycles. The maximum atomic E-state index is 5.32. The first kappa shape index (κ1) is 13.0. The summed E-state index contributed by atoms with van der Waals surface area (Å²) >= 11 is 0. The van der Waals surface area contributed by atoms with E-state index in [0.717, 1.165) is 5.56 Å². The third-order valence-corrected chi connectivity index (χ3v) is 0.993. The first-order chi connectivity index (χ1) is 3.93. The molecule has 0 unspecified atom stereocenters. The molecule has 1 aromatic rings. The number of nitrogens with two attached hydrogens (primary N) is 1. The van der Waals surface area contributed by atoms with Crippen LogP contribution in [0.4, 0.5) is 0 Å². The number of rotatable bonds is 1. The third kappa shape index (κ3) is 4.27. The van der Waals surface area contributed by atoms with Crippen LogP contribution in [0, 0.1) is 6.07 Å². The van der Waals surface area contributed by atoms with Crippen molar-refractivity contribution in [1.29, 1.82) is 0 Å². The van der Waals surface area contributed by atoms with Gasteiger partial charge in [0, 0.05) is 0 Å². The van der Waals surface area contributed by atoms with Crippen LogP contribution in [0.2, 0.25) is 0 Å². The van der Waals surface area contributed by atoms with E-state index in [1.54, 1.807) is 0 Å². The van der Waals surface area contributed by atoms with Crippen LogP contribution in [-0.2, 0) is 6.54 Å². The van der Waals surface area contributed by atoms with Crippen LogP contribution in [0.15, 0.2) is 24.3 Å². The first-order valence-corrected chi connectivity index (χ1v) is 2.59. The van der Waals surface area contributed by atoms with Crippen LogP contribution >= 0.6 is 0 Å². The molecule has 0 heterocycles. The predicted molar refractivity (Wildman–Crippen MR) is 38.9 cm³/mol. The summed E-state index contributed by atoms with van der Waals surface area (Å²) in [7, 11) is 0. The maximum Gasteiger partial charge on any atom is 2.00 e. The van der Waals surface area contributed by atoms with E-state index in [9.17, 15) is 0 Å². The zero-order valence-corrected chi connectivity index (χ0v) is 8.68. The molecule has 10 heavy (non-hydrogen) atoms. The molecule has 50 valence electrons. The smallest absolute Gasteiger partial charge is 1.00 e. The molecule has 0 atom stereocenters. The van der Waals surface area contributed by atoms with Crippen molar-refractivity contribution in [2.24, 2.45) is 5.73 Å². The summed E-state index contributed by atoms with van der Waals surface area (Å²) in [6, 6.07) is 10.7. The molecular weight excluding hydrogens is 202 g/mol. The molecule has 3 heteroatoms. The van der Waals surface area contributed by atoms with Gasteiger partial charge in [-0.3, -0.25) is 0 Å². The second-order valence-corrected chi connectivity index (χ2v) is 1.59. The fourth-order valence-corrected chi connectivity index (χ4v) is 0.557. The van der Waals surface area contributed by atoms with Crippen LogP contribution in [0.5, 0.6) is 0 Å². The molecule has 0 bridgehead atoms. The second-order valence-electron chi connectivity index (χ2n) is 1.59. The van der Waals surface area contributed by atoms with Gasteiger partial charge in [0.1, 0.15) is 0 Å². The standard InChI is InChI=1S/C7H8N.BrH.Mg/c8-6-7-4-2-1-3-5-7;;/h1-4H,6,8H2;1H;/q-1;;+2/p-1. The Kier molecular flexibility index (Phi) is 9.83. The van der Waals surface area contributed by atoms with Crippen LogP contribution in [0.1, 0.15) is 5.56 Å². The Morgan fingerprint density at radius 2 is 2.10 bits per heavy atom. The van der Waals surface area contributed by atoms with Gasteiger partial charge in [-0.2, -0.15) is 30.3 Å². The molecule has 0 aliphatic carbocycles. The molecule has 0 aliphatic heterocycles. The van der Waals surface area contributed by atoms with Gasteiger partial charge >= 0.3 is 23.1 Å². The zero-order valence-electron chi connectivity index (χ0n) is 5.68. The van der Waals surface area contributed by atoms with Gasteiger partial charge in [0.05, 0.1) is 0 Å². The Hall–Kier alpha value is 0.426. The number of hydrogen-bond acceptors (Lipinski definition) is 1. The number of benzene rings is 1. The Labute approximate surface area is 87.9 Å². The van der Waals surface area contributed by atoms with Crippen molar-refractivity contribution in [3.63, 3.8) is 0 Å². The molecule has 0 aliphatic rings. The summed E-state index contributed by atoms with van der Waals surface area (Å²) in [5.74, 6) is 0. The van der Waals surface area contributed by atoms with E-state index >= 15 is 0 Å². The third-order valence-electron chi connectivity index (χ3n) is 0.993. The van der Waals surface area contributed by atoms with Crippen LogP contribution in [0.25, 0.3) is 0 Å². The van der Waals surface area contributed by atoms with Crippen molar-refractivity contribution in [1.82, 2.24) is 0 Å². The Bertz CT molecular complexity index is 155. The van der Waals surface area contributed by atoms with Gasteiger partial charge in [0.15, 0.2) is 0 Å².